The number of carbonyl (C=O) groups excluding carboxylic acids is 1. The molecule has 2 heteroatoms. The van der Waals surface area contributed by atoms with Crippen LogP contribution in [-0.2, 0) is 11.2 Å². The molecule has 1 rings (SSSR count). The van der Waals surface area contributed by atoms with Gasteiger partial charge in [-0.3, -0.25) is 4.79 Å². The maximum atomic E-state index is 12.0. The van der Waals surface area contributed by atoms with Crippen LogP contribution in [0.4, 0.5) is 0 Å². The molecule has 0 heterocycles. The fraction of sp³-hybridized carbons (Fsp3) is 0.500. The van der Waals surface area contributed by atoms with Gasteiger partial charge in [-0.1, -0.05) is 39.0 Å². The minimum absolute atomic E-state index is 0.102. The van der Waals surface area contributed by atoms with Crippen molar-refractivity contribution in [2.75, 3.05) is 7.11 Å². The average molecular weight is 220 g/mol. The summed E-state index contributed by atoms with van der Waals surface area (Å²) < 4.78 is 5.23. The first-order valence-electron chi connectivity index (χ1n) is 5.71. The van der Waals surface area contributed by atoms with Gasteiger partial charge < -0.3 is 4.74 Å². The third-order valence-electron chi connectivity index (χ3n) is 3.07. The van der Waals surface area contributed by atoms with Crippen LogP contribution in [0.25, 0.3) is 0 Å². The molecule has 88 valence electrons. The number of ketones is 1. The summed E-state index contributed by atoms with van der Waals surface area (Å²) >= 11 is 0. The molecule has 1 unspecified atom stereocenters. The Morgan fingerprint density at radius 2 is 1.88 bits per heavy atom. The molecule has 0 N–H and O–H groups in total. The predicted octanol–water partition coefficient (Wildman–Crippen LogP) is 3.10. The van der Waals surface area contributed by atoms with Gasteiger partial charge in [0.2, 0.25) is 0 Å². The average Bonchev–Trinajstić information content (AvgIpc) is 2.28. The summed E-state index contributed by atoms with van der Waals surface area (Å²) in [5.41, 5.74) is 0.975. The summed E-state index contributed by atoms with van der Waals surface area (Å²) in [5.74, 6) is 1.57. The van der Waals surface area contributed by atoms with Crippen molar-refractivity contribution in [1.29, 1.82) is 0 Å². The topological polar surface area (TPSA) is 26.3 Å². The molecule has 1 aromatic rings. The minimum atomic E-state index is 0.102. The molecule has 2 nitrogen and oxygen atoms in total. The van der Waals surface area contributed by atoms with Gasteiger partial charge in [-0.05, 0) is 12.0 Å². The lowest BCUT2D eigenvalue weighted by atomic mass is 9.90. The van der Waals surface area contributed by atoms with E-state index < -0.39 is 0 Å². The van der Waals surface area contributed by atoms with E-state index in [4.69, 9.17) is 4.74 Å². The Morgan fingerprint density at radius 1 is 1.25 bits per heavy atom. The lowest BCUT2D eigenvalue weighted by Gasteiger charge is -2.15. The third-order valence-corrected chi connectivity index (χ3v) is 3.07. The summed E-state index contributed by atoms with van der Waals surface area (Å²) in [6.45, 7) is 6.14. The fourth-order valence-electron chi connectivity index (χ4n) is 1.57. The first-order valence-corrected chi connectivity index (χ1v) is 5.71. The smallest absolute Gasteiger partial charge is 0.140 e. The molecule has 0 radical (unpaired) electrons. The summed E-state index contributed by atoms with van der Waals surface area (Å²) in [7, 11) is 1.63. The Bertz CT molecular complexity index is 356. The fourth-order valence-corrected chi connectivity index (χ4v) is 1.57. The Kier molecular flexibility index (Phi) is 4.53. The van der Waals surface area contributed by atoms with Crippen LogP contribution in [0.5, 0.6) is 5.75 Å². The number of carbonyl (C=O) groups is 1. The number of methoxy groups -OCH3 is 1. The van der Waals surface area contributed by atoms with E-state index in [1.807, 2.05) is 31.2 Å². The van der Waals surface area contributed by atoms with Crippen molar-refractivity contribution in [3.63, 3.8) is 0 Å². The summed E-state index contributed by atoms with van der Waals surface area (Å²) in [4.78, 5) is 12.0. The zero-order valence-electron chi connectivity index (χ0n) is 10.5. The first-order chi connectivity index (χ1) is 7.56. The maximum Gasteiger partial charge on any atom is 0.140 e. The predicted molar refractivity (Wildman–Crippen MR) is 65.7 cm³/mol. The molecule has 1 aromatic carbocycles. The number of rotatable bonds is 5. The Balaban J connectivity index is 2.76. The van der Waals surface area contributed by atoms with Crippen molar-refractivity contribution >= 4 is 5.78 Å². The molecule has 0 bridgehead atoms. The number of hydrogen-bond donors (Lipinski definition) is 0. The monoisotopic (exact) mass is 220 g/mol. The first kappa shape index (κ1) is 12.8. The van der Waals surface area contributed by atoms with Crippen molar-refractivity contribution in [3.8, 4) is 5.75 Å². The molecule has 0 aliphatic carbocycles. The van der Waals surface area contributed by atoms with Gasteiger partial charge in [0, 0.05) is 17.9 Å². The lowest BCUT2D eigenvalue weighted by Crippen LogP contribution is -2.19. The van der Waals surface area contributed by atoms with Gasteiger partial charge in [0.25, 0.3) is 0 Å². The third kappa shape index (κ3) is 3.09. The molecular formula is C14H20O2. The molecule has 0 amide bonds. The Morgan fingerprint density at radius 3 is 2.44 bits per heavy atom. The highest BCUT2D eigenvalue weighted by Crippen LogP contribution is 2.21. The zero-order chi connectivity index (χ0) is 12.1. The second-order valence-electron chi connectivity index (χ2n) is 4.49. The summed E-state index contributed by atoms with van der Waals surface area (Å²) in [5, 5.41) is 0. The lowest BCUT2D eigenvalue weighted by molar-refractivity contribution is -0.122. The molecule has 1 atom stereocenters. The van der Waals surface area contributed by atoms with E-state index in [9.17, 15) is 4.79 Å². The van der Waals surface area contributed by atoms with Gasteiger partial charge in [-0.25, -0.2) is 0 Å². The molecule has 0 aliphatic rings. The SMILES string of the molecule is COc1ccccc1CC(=O)C(C)C(C)C. The zero-order valence-corrected chi connectivity index (χ0v) is 10.5. The van der Waals surface area contributed by atoms with E-state index in [2.05, 4.69) is 13.8 Å². The standard InChI is InChI=1S/C14H20O2/c1-10(2)11(3)13(15)9-12-7-5-6-8-14(12)16-4/h5-8,10-11H,9H2,1-4H3. The number of ether oxygens (including phenoxy) is 1. The molecule has 16 heavy (non-hydrogen) atoms. The van der Waals surface area contributed by atoms with E-state index in [0.717, 1.165) is 11.3 Å². The second-order valence-corrected chi connectivity index (χ2v) is 4.49. The normalized spacial score (nSPS) is 12.6. The molecule has 0 fully saturated rings. The van der Waals surface area contributed by atoms with Crippen LogP contribution in [0.15, 0.2) is 24.3 Å². The van der Waals surface area contributed by atoms with Crippen LogP contribution in [0.3, 0.4) is 0 Å². The van der Waals surface area contributed by atoms with Crippen LogP contribution in [0.1, 0.15) is 26.3 Å². The van der Waals surface area contributed by atoms with Gasteiger partial charge in [0.1, 0.15) is 11.5 Å². The van der Waals surface area contributed by atoms with Crippen molar-refractivity contribution in [2.24, 2.45) is 11.8 Å². The van der Waals surface area contributed by atoms with Crippen LogP contribution >= 0.6 is 0 Å². The van der Waals surface area contributed by atoms with Crippen molar-refractivity contribution < 1.29 is 9.53 Å². The Hall–Kier alpha value is -1.31. The summed E-state index contributed by atoms with van der Waals surface area (Å²) in [6.07, 6.45) is 0.462. The number of para-hydroxylation sites is 1. The van der Waals surface area contributed by atoms with Crippen molar-refractivity contribution in [2.45, 2.75) is 27.2 Å². The van der Waals surface area contributed by atoms with Crippen LogP contribution in [0.2, 0.25) is 0 Å². The van der Waals surface area contributed by atoms with Crippen molar-refractivity contribution in [3.05, 3.63) is 29.8 Å². The Labute approximate surface area is 97.6 Å². The summed E-state index contributed by atoms with van der Waals surface area (Å²) in [6, 6.07) is 7.69. The van der Waals surface area contributed by atoms with Gasteiger partial charge in [0.15, 0.2) is 0 Å². The molecule has 0 aliphatic heterocycles. The van der Waals surface area contributed by atoms with E-state index >= 15 is 0 Å². The van der Waals surface area contributed by atoms with Gasteiger partial charge in [-0.2, -0.15) is 0 Å². The van der Waals surface area contributed by atoms with Gasteiger partial charge in [0.05, 0.1) is 7.11 Å². The minimum Gasteiger partial charge on any atom is -0.496 e. The van der Waals surface area contributed by atoms with Crippen LogP contribution in [-0.4, -0.2) is 12.9 Å². The molecule has 0 spiro atoms. The van der Waals surface area contributed by atoms with E-state index in [1.165, 1.54) is 0 Å². The number of hydrogen-bond acceptors (Lipinski definition) is 2. The second kappa shape index (κ2) is 5.69. The maximum absolute atomic E-state index is 12.0. The van der Waals surface area contributed by atoms with Crippen LogP contribution < -0.4 is 4.74 Å². The van der Waals surface area contributed by atoms with Crippen molar-refractivity contribution in [1.82, 2.24) is 0 Å². The molecule has 0 saturated carbocycles. The van der Waals surface area contributed by atoms with E-state index in [-0.39, 0.29) is 11.7 Å². The highest BCUT2D eigenvalue weighted by Gasteiger charge is 2.18. The van der Waals surface area contributed by atoms with E-state index in [1.54, 1.807) is 7.11 Å². The van der Waals surface area contributed by atoms with Gasteiger partial charge in [-0.15, -0.1) is 0 Å². The van der Waals surface area contributed by atoms with Gasteiger partial charge >= 0.3 is 0 Å². The van der Waals surface area contributed by atoms with Crippen LogP contribution in [0, 0.1) is 11.8 Å². The molecular weight excluding hydrogens is 200 g/mol. The highest BCUT2D eigenvalue weighted by molar-refractivity contribution is 5.83. The largest absolute Gasteiger partial charge is 0.496 e. The quantitative estimate of drug-likeness (QED) is 0.762. The number of benzene rings is 1. The highest BCUT2D eigenvalue weighted by atomic mass is 16.5. The van der Waals surface area contributed by atoms with E-state index in [0.29, 0.717) is 12.3 Å². The molecule has 0 saturated heterocycles. The number of Topliss-reactive ketones (excluding diaryl/α,β-unsaturated/α-hetero) is 1. The molecule has 0 aromatic heterocycles.